The predicted octanol–water partition coefficient (Wildman–Crippen LogP) is 1.34. The molecule has 0 aromatic rings. The Morgan fingerprint density at radius 1 is 1.00 bits per heavy atom. The monoisotopic (exact) mass is 266 g/mol. The molecule has 2 radical (unpaired) electrons. The van der Waals surface area contributed by atoms with Crippen LogP contribution in [0.1, 0.15) is 0 Å². The van der Waals surface area contributed by atoms with Crippen molar-refractivity contribution in [3.8, 4) is 0 Å². The summed E-state index contributed by atoms with van der Waals surface area (Å²) >= 11 is 0. The van der Waals surface area contributed by atoms with Crippen molar-refractivity contribution >= 4 is 0 Å². The second-order valence-corrected chi connectivity index (χ2v) is 0.214. The first-order chi connectivity index (χ1) is 1.73. The number of rotatable bonds is 0. The number of hydrogen-bond acceptors (Lipinski definition) is 0. The quantitative estimate of drug-likeness (QED) is 0.580. The molecule has 5 heavy (non-hydrogen) atoms. The van der Waals surface area contributed by atoms with Crippen LogP contribution in [0.25, 0.3) is 0 Å². The third kappa shape index (κ3) is 103. The zero-order chi connectivity index (χ0) is 3.58. The Bertz CT molecular complexity index is 11.6. The normalized spacial score (nSPS) is 7.20. The molecule has 0 amide bonds. The summed E-state index contributed by atoms with van der Waals surface area (Å²) in [5, 5.41) is 0. The van der Waals surface area contributed by atoms with E-state index in [9.17, 15) is 13.2 Å². The Balaban J connectivity index is 0. The summed E-state index contributed by atoms with van der Waals surface area (Å²) in [5.74, 6) is 0. The van der Waals surface area contributed by atoms with Gasteiger partial charge in [-0.05, 0) is 0 Å². The third-order valence-electron chi connectivity index (χ3n) is 0. The van der Waals surface area contributed by atoms with E-state index in [1.807, 2.05) is 0 Å². The van der Waals surface area contributed by atoms with Gasteiger partial charge in [0.2, 0.25) is 0 Å². The van der Waals surface area contributed by atoms with Gasteiger partial charge in [0.25, 0.3) is 0 Å². The topological polar surface area (TPSA) is 0 Å². The maximum atomic E-state index is 9.58. The van der Waals surface area contributed by atoms with Crippen LogP contribution in [0.5, 0.6) is 0 Å². The van der Waals surface area contributed by atoms with Gasteiger partial charge in [0.1, 0.15) is 0 Å². The minimum atomic E-state index is -3.08. The van der Waals surface area contributed by atoms with Gasteiger partial charge in [0, 0.05) is 22.4 Å². The van der Waals surface area contributed by atoms with Gasteiger partial charge in [-0.15, -0.1) is 0 Å². The summed E-state index contributed by atoms with van der Waals surface area (Å²) in [7, 11) is 0. The van der Waals surface area contributed by atoms with E-state index in [1.54, 1.807) is 0 Å². The smallest absolute Gasteiger partial charge is 0.162 e. The van der Waals surface area contributed by atoms with E-state index in [4.69, 9.17) is 0 Å². The molecule has 0 rings (SSSR count). The van der Waals surface area contributed by atoms with Crippen LogP contribution in [0.4, 0.5) is 13.2 Å². The molecule has 0 bridgehead atoms. The first-order valence-electron chi connectivity index (χ1n) is 0.567. The van der Waals surface area contributed by atoms with E-state index >= 15 is 0 Å². The second kappa shape index (κ2) is 4.53. The molecule has 0 N–H and O–H groups in total. The first-order valence-corrected chi connectivity index (χ1v) is 0.567. The van der Waals surface area contributed by atoms with E-state index in [0.29, 0.717) is 0 Å². The molecule has 0 spiro atoms. The summed E-state index contributed by atoms with van der Waals surface area (Å²) in [6.45, 7) is -3.08. The fourth-order valence-corrected chi connectivity index (χ4v) is 0. The summed E-state index contributed by atoms with van der Waals surface area (Å²) in [6.07, 6.45) is 0. The van der Waals surface area contributed by atoms with Crippen molar-refractivity contribution < 1.29 is 35.6 Å². The van der Waals surface area contributed by atoms with E-state index in [0.717, 1.165) is 0 Å². The largest absolute Gasteiger partial charge is 0.487 e. The Labute approximate surface area is 42.9 Å². The molecular weight excluding hydrogens is 266 g/mol. The van der Waals surface area contributed by atoms with Crippen molar-refractivity contribution in [3.05, 3.63) is 6.68 Å². The molecule has 0 aliphatic carbocycles. The van der Waals surface area contributed by atoms with Gasteiger partial charge in [0.05, 0.1) is 0 Å². The second-order valence-electron chi connectivity index (χ2n) is 0.214. The van der Waals surface area contributed by atoms with E-state index in [1.165, 1.54) is 0 Å². The van der Waals surface area contributed by atoms with Crippen LogP contribution in [0.2, 0.25) is 0 Å². The standard InChI is InChI=1S/CF3.Au/c2-1(3)4;. The fraction of sp³-hybridized carbons (Fsp3) is 0. The summed E-state index contributed by atoms with van der Waals surface area (Å²) in [6, 6.07) is 0. The molecule has 0 unspecified atom stereocenters. The zero-order valence-corrected chi connectivity index (χ0v) is 4.10. The van der Waals surface area contributed by atoms with E-state index < -0.39 is 6.68 Å². The van der Waals surface area contributed by atoms with Gasteiger partial charge in [0.15, 0.2) is 0 Å². The predicted molar refractivity (Wildman–Crippen MR) is 6.57 cm³/mol. The van der Waals surface area contributed by atoms with Crippen molar-refractivity contribution in [1.82, 2.24) is 0 Å². The Morgan fingerprint density at radius 2 is 1.00 bits per heavy atom. The average molecular weight is 266 g/mol. The van der Waals surface area contributed by atoms with Crippen LogP contribution in [0.15, 0.2) is 0 Å². The van der Waals surface area contributed by atoms with Crippen molar-refractivity contribution in [2.24, 2.45) is 0 Å². The van der Waals surface area contributed by atoms with Gasteiger partial charge in [-0.3, -0.25) is 0 Å². The van der Waals surface area contributed by atoms with Gasteiger partial charge in [-0.1, -0.05) is 0 Å². The molecule has 0 atom stereocenters. The molecule has 0 nitrogen and oxygen atoms in total. The summed E-state index contributed by atoms with van der Waals surface area (Å²) in [4.78, 5) is 0. The number of halogens is 3. The molecule has 4 heteroatoms. The molecule has 0 aromatic heterocycles. The van der Waals surface area contributed by atoms with Gasteiger partial charge < -0.3 is 0 Å². The van der Waals surface area contributed by atoms with Gasteiger partial charge >= 0.3 is 6.68 Å². The first kappa shape index (κ1) is 9.11. The van der Waals surface area contributed by atoms with Gasteiger partial charge in [-0.2, -0.15) is 13.2 Å². The molecule has 0 aromatic carbocycles. The zero-order valence-electron chi connectivity index (χ0n) is 1.94. The van der Waals surface area contributed by atoms with Crippen molar-refractivity contribution in [2.45, 2.75) is 0 Å². The SMILES string of the molecule is F[C](F)F.[Au]. The molecule has 0 aliphatic rings. The molecule has 36 valence electrons. The van der Waals surface area contributed by atoms with E-state index in [-0.39, 0.29) is 22.4 Å². The van der Waals surface area contributed by atoms with Crippen LogP contribution in [-0.4, -0.2) is 0 Å². The average Bonchev–Trinajstić information content (AvgIpc) is 0.811. The molecular formula is CAuF3. The van der Waals surface area contributed by atoms with E-state index in [2.05, 4.69) is 0 Å². The van der Waals surface area contributed by atoms with Crippen molar-refractivity contribution in [2.75, 3.05) is 0 Å². The van der Waals surface area contributed by atoms with Crippen LogP contribution in [0, 0.1) is 6.68 Å². The minimum absolute atomic E-state index is 0. The molecule has 0 heterocycles. The van der Waals surface area contributed by atoms with Crippen LogP contribution >= 0.6 is 0 Å². The fourth-order valence-electron chi connectivity index (χ4n) is 0. The number of hydrogen-bond donors (Lipinski definition) is 0. The summed E-state index contributed by atoms with van der Waals surface area (Å²) in [5.41, 5.74) is 0. The maximum Gasteiger partial charge on any atom is 0.487 e. The molecule has 0 saturated carbocycles. The van der Waals surface area contributed by atoms with Gasteiger partial charge in [-0.25, -0.2) is 0 Å². The van der Waals surface area contributed by atoms with Crippen molar-refractivity contribution in [1.29, 1.82) is 0 Å². The Morgan fingerprint density at radius 3 is 1.00 bits per heavy atom. The van der Waals surface area contributed by atoms with Crippen LogP contribution in [-0.2, 0) is 22.4 Å². The maximum absolute atomic E-state index is 9.58. The molecule has 0 aliphatic heterocycles. The molecule has 0 saturated heterocycles. The Kier molecular flexibility index (Phi) is 8.25. The Hall–Kier alpha value is 0.530. The third-order valence-corrected chi connectivity index (χ3v) is 0. The van der Waals surface area contributed by atoms with Crippen molar-refractivity contribution in [3.63, 3.8) is 0 Å². The minimum Gasteiger partial charge on any atom is -0.162 e. The van der Waals surface area contributed by atoms with Crippen LogP contribution < -0.4 is 0 Å². The van der Waals surface area contributed by atoms with Crippen LogP contribution in [0.3, 0.4) is 0 Å². The molecule has 0 fully saturated rings. The summed E-state index contributed by atoms with van der Waals surface area (Å²) < 4.78 is 28.8.